The molecule has 0 unspecified atom stereocenters. The van der Waals surface area contributed by atoms with Crippen molar-refractivity contribution in [2.45, 2.75) is 0 Å². The summed E-state index contributed by atoms with van der Waals surface area (Å²) in [5.74, 6) is -0.0624. The first kappa shape index (κ1) is 14.6. The molecule has 0 saturated heterocycles. The molecule has 110 valence electrons. The van der Waals surface area contributed by atoms with Gasteiger partial charge in [-0.15, -0.1) is 0 Å². The molecule has 2 aromatic carbocycles. The molecule has 0 aliphatic rings. The number of anilines is 1. The van der Waals surface area contributed by atoms with Gasteiger partial charge in [0.25, 0.3) is 0 Å². The zero-order valence-electron chi connectivity index (χ0n) is 11.3. The van der Waals surface area contributed by atoms with Gasteiger partial charge in [0.05, 0.1) is 22.4 Å². The van der Waals surface area contributed by atoms with E-state index in [1.165, 1.54) is 12.3 Å². The Balaban J connectivity index is 1.88. The average Bonchev–Trinajstić information content (AvgIpc) is 2.52. The van der Waals surface area contributed by atoms with Crippen molar-refractivity contribution in [1.29, 1.82) is 0 Å². The molecule has 0 fully saturated rings. The lowest BCUT2D eigenvalue weighted by molar-refractivity contribution is 0.475. The number of hydrogen-bond donors (Lipinski definition) is 2. The molecule has 0 aliphatic carbocycles. The molecule has 1 heterocycles. The van der Waals surface area contributed by atoms with Crippen LogP contribution in [0.1, 0.15) is 5.56 Å². The van der Waals surface area contributed by atoms with E-state index >= 15 is 0 Å². The van der Waals surface area contributed by atoms with Crippen LogP contribution in [-0.2, 0) is 0 Å². The maximum Gasteiger partial charge on any atom is 0.143 e. The number of aromatic nitrogens is 1. The van der Waals surface area contributed by atoms with Crippen molar-refractivity contribution in [2.24, 2.45) is 5.10 Å². The Morgan fingerprint density at radius 2 is 1.95 bits per heavy atom. The van der Waals surface area contributed by atoms with Gasteiger partial charge in [0, 0.05) is 22.2 Å². The Kier molecular flexibility index (Phi) is 4.13. The van der Waals surface area contributed by atoms with E-state index in [4.69, 9.17) is 23.2 Å². The van der Waals surface area contributed by atoms with Gasteiger partial charge in [-0.3, -0.25) is 10.4 Å². The molecule has 0 radical (unpaired) electrons. The van der Waals surface area contributed by atoms with Crippen LogP contribution in [0.3, 0.4) is 0 Å². The topological polar surface area (TPSA) is 57.5 Å². The van der Waals surface area contributed by atoms with E-state index < -0.39 is 0 Å². The van der Waals surface area contributed by atoms with Crippen molar-refractivity contribution in [3.63, 3.8) is 0 Å². The third kappa shape index (κ3) is 2.98. The second-order valence-electron chi connectivity index (χ2n) is 4.58. The number of fused-ring (bicyclic) bond motifs is 1. The molecule has 6 heteroatoms. The average molecular weight is 332 g/mol. The first-order valence-corrected chi connectivity index (χ1v) is 7.21. The van der Waals surface area contributed by atoms with Gasteiger partial charge in [-0.2, -0.15) is 5.10 Å². The second-order valence-corrected chi connectivity index (χ2v) is 5.42. The van der Waals surface area contributed by atoms with Crippen molar-refractivity contribution in [1.82, 2.24) is 4.98 Å². The van der Waals surface area contributed by atoms with E-state index in [9.17, 15) is 5.11 Å². The van der Waals surface area contributed by atoms with Crippen molar-refractivity contribution >= 4 is 46.0 Å². The summed E-state index contributed by atoms with van der Waals surface area (Å²) in [5, 5.41) is 15.6. The SMILES string of the molecule is Oc1c(Cl)cc(Cl)cc1/C=N\Nc1cccc2cccnc12. The highest BCUT2D eigenvalue weighted by Crippen LogP contribution is 2.30. The minimum atomic E-state index is -0.0624. The van der Waals surface area contributed by atoms with Crippen molar-refractivity contribution in [3.8, 4) is 5.75 Å². The summed E-state index contributed by atoms with van der Waals surface area (Å²) in [4.78, 5) is 4.32. The van der Waals surface area contributed by atoms with E-state index in [0.29, 0.717) is 10.6 Å². The number of phenols is 1. The molecule has 3 aromatic rings. The van der Waals surface area contributed by atoms with Crippen LogP contribution in [-0.4, -0.2) is 16.3 Å². The minimum absolute atomic E-state index is 0.0624. The summed E-state index contributed by atoms with van der Waals surface area (Å²) in [7, 11) is 0. The lowest BCUT2D eigenvalue weighted by Crippen LogP contribution is -1.93. The van der Waals surface area contributed by atoms with E-state index in [-0.39, 0.29) is 10.8 Å². The standard InChI is InChI=1S/C16H11Cl2N3O/c17-12-7-11(16(22)13(18)8-12)9-20-21-14-5-1-3-10-4-2-6-19-15(10)14/h1-9,21-22H/b20-9-. The summed E-state index contributed by atoms with van der Waals surface area (Å²) >= 11 is 11.8. The van der Waals surface area contributed by atoms with Crippen LogP contribution in [0.25, 0.3) is 10.9 Å². The third-order valence-electron chi connectivity index (χ3n) is 3.08. The van der Waals surface area contributed by atoms with Crippen molar-refractivity contribution in [2.75, 3.05) is 5.43 Å². The van der Waals surface area contributed by atoms with Gasteiger partial charge in [0.15, 0.2) is 0 Å². The Morgan fingerprint density at radius 3 is 2.82 bits per heavy atom. The van der Waals surface area contributed by atoms with Crippen LogP contribution in [0.2, 0.25) is 10.0 Å². The molecule has 0 aliphatic heterocycles. The van der Waals surface area contributed by atoms with Crippen LogP contribution >= 0.6 is 23.2 Å². The predicted octanol–water partition coefficient (Wildman–Crippen LogP) is 4.69. The monoisotopic (exact) mass is 331 g/mol. The van der Waals surface area contributed by atoms with Crippen LogP contribution in [0.4, 0.5) is 5.69 Å². The molecule has 1 aromatic heterocycles. The Hall–Kier alpha value is -2.30. The number of aromatic hydroxyl groups is 1. The van der Waals surface area contributed by atoms with Crippen LogP contribution in [0, 0.1) is 0 Å². The molecule has 0 spiro atoms. The number of nitrogens with zero attached hydrogens (tertiary/aromatic N) is 2. The number of rotatable bonds is 3. The fourth-order valence-electron chi connectivity index (χ4n) is 2.05. The molecule has 0 atom stereocenters. The second kappa shape index (κ2) is 6.22. The largest absolute Gasteiger partial charge is 0.506 e. The molecular weight excluding hydrogens is 321 g/mol. The normalized spacial score (nSPS) is 11.2. The number of nitrogens with one attached hydrogen (secondary N) is 1. The number of phenolic OH excluding ortho intramolecular Hbond substituents is 1. The Labute approximate surface area is 137 Å². The van der Waals surface area contributed by atoms with E-state index in [1.807, 2.05) is 30.3 Å². The summed E-state index contributed by atoms with van der Waals surface area (Å²) in [5.41, 5.74) is 4.92. The Morgan fingerprint density at radius 1 is 1.14 bits per heavy atom. The first-order chi connectivity index (χ1) is 10.6. The van der Waals surface area contributed by atoms with Crippen LogP contribution in [0.5, 0.6) is 5.75 Å². The number of hydrazone groups is 1. The number of halogens is 2. The number of benzene rings is 2. The zero-order valence-corrected chi connectivity index (χ0v) is 12.8. The highest BCUT2D eigenvalue weighted by Gasteiger charge is 2.06. The molecule has 3 rings (SSSR count). The molecule has 0 bridgehead atoms. The Bertz CT molecular complexity index is 860. The van der Waals surface area contributed by atoms with Crippen LogP contribution in [0.15, 0.2) is 53.8 Å². The molecule has 0 amide bonds. The fourth-order valence-corrected chi connectivity index (χ4v) is 2.56. The predicted molar refractivity (Wildman–Crippen MR) is 91.1 cm³/mol. The van der Waals surface area contributed by atoms with Gasteiger partial charge in [0.1, 0.15) is 5.75 Å². The van der Waals surface area contributed by atoms with E-state index in [2.05, 4.69) is 15.5 Å². The highest BCUT2D eigenvalue weighted by molar-refractivity contribution is 6.36. The van der Waals surface area contributed by atoms with E-state index in [0.717, 1.165) is 16.6 Å². The van der Waals surface area contributed by atoms with Gasteiger partial charge in [-0.25, -0.2) is 0 Å². The number of pyridine rings is 1. The van der Waals surface area contributed by atoms with Crippen molar-refractivity contribution in [3.05, 3.63) is 64.3 Å². The van der Waals surface area contributed by atoms with Crippen LogP contribution < -0.4 is 5.43 Å². The summed E-state index contributed by atoms with van der Waals surface area (Å²) in [6.07, 6.45) is 3.18. The lowest BCUT2D eigenvalue weighted by Gasteiger charge is -2.05. The molecule has 22 heavy (non-hydrogen) atoms. The summed E-state index contributed by atoms with van der Waals surface area (Å²) in [6, 6.07) is 12.7. The molecule has 0 saturated carbocycles. The third-order valence-corrected chi connectivity index (χ3v) is 3.59. The summed E-state index contributed by atoms with van der Waals surface area (Å²) in [6.45, 7) is 0. The van der Waals surface area contributed by atoms with Gasteiger partial charge >= 0.3 is 0 Å². The number of para-hydroxylation sites is 1. The summed E-state index contributed by atoms with van der Waals surface area (Å²) < 4.78 is 0. The van der Waals surface area contributed by atoms with Gasteiger partial charge in [-0.1, -0.05) is 41.4 Å². The molecule has 2 N–H and O–H groups in total. The highest BCUT2D eigenvalue weighted by atomic mass is 35.5. The van der Waals surface area contributed by atoms with Gasteiger partial charge in [-0.05, 0) is 24.3 Å². The maximum atomic E-state index is 9.87. The van der Waals surface area contributed by atoms with Gasteiger partial charge < -0.3 is 5.11 Å². The fraction of sp³-hybridized carbons (Fsp3) is 0. The maximum absolute atomic E-state index is 9.87. The molecular formula is C16H11Cl2N3O. The zero-order chi connectivity index (χ0) is 15.5. The number of hydrogen-bond acceptors (Lipinski definition) is 4. The van der Waals surface area contributed by atoms with E-state index in [1.54, 1.807) is 12.3 Å². The quantitative estimate of drug-likeness (QED) is 0.540. The lowest BCUT2D eigenvalue weighted by atomic mass is 10.2. The first-order valence-electron chi connectivity index (χ1n) is 6.46. The molecule has 4 nitrogen and oxygen atoms in total. The smallest absolute Gasteiger partial charge is 0.143 e. The van der Waals surface area contributed by atoms with Crippen molar-refractivity contribution < 1.29 is 5.11 Å². The van der Waals surface area contributed by atoms with Gasteiger partial charge in [0.2, 0.25) is 0 Å². The minimum Gasteiger partial charge on any atom is -0.506 e.